The molecule has 3 rings (SSSR count). The molecule has 1 unspecified atom stereocenters. The van der Waals surface area contributed by atoms with E-state index in [0.29, 0.717) is 22.1 Å². The number of carboxylic acid groups (broad SMARTS) is 1. The molecule has 0 bridgehead atoms. The zero-order valence-corrected chi connectivity index (χ0v) is 14.4. The molecule has 6 nitrogen and oxygen atoms in total. The third-order valence-electron chi connectivity index (χ3n) is 3.77. The summed E-state index contributed by atoms with van der Waals surface area (Å²) in [4.78, 5) is 23.3. The second-order valence-electron chi connectivity index (χ2n) is 5.66. The summed E-state index contributed by atoms with van der Waals surface area (Å²) in [5.41, 5.74) is 1.40. The van der Waals surface area contributed by atoms with Gasteiger partial charge in [-0.15, -0.1) is 0 Å². The standard InChI is InChI=1S/C19H16ClNO5/c20-14-3-1-2-13(9-14)15(10-19(23)24)21-18(22)7-5-12-4-6-16-17(8-12)26-11-25-16/h1-9,15H,10-11H2,(H,21,22)(H,23,24)/b7-5+. The molecule has 7 heteroatoms. The smallest absolute Gasteiger partial charge is 0.305 e. The Morgan fingerprint density at radius 1 is 1.19 bits per heavy atom. The molecule has 2 aromatic rings. The number of carbonyl (C=O) groups excluding carboxylic acids is 1. The fourth-order valence-electron chi connectivity index (χ4n) is 2.56. The first kappa shape index (κ1) is 17.8. The molecule has 0 aromatic heterocycles. The van der Waals surface area contributed by atoms with Crippen molar-refractivity contribution in [3.8, 4) is 11.5 Å². The van der Waals surface area contributed by atoms with E-state index in [9.17, 15) is 9.59 Å². The quantitative estimate of drug-likeness (QED) is 0.758. The number of hydrogen-bond acceptors (Lipinski definition) is 4. The van der Waals surface area contributed by atoms with Gasteiger partial charge in [-0.3, -0.25) is 9.59 Å². The van der Waals surface area contributed by atoms with Crippen molar-refractivity contribution in [3.05, 3.63) is 64.7 Å². The minimum atomic E-state index is -1.02. The number of halogens is 1. The Labute approximate surface area is 155 Å². The second kappa shape index (κ2) is 7.93. The monoisotopic (exact) mass is 373 g/mol. The van der Waals surface area contributed by atoms with Gasteiger partial charge in [-0.25, -0.2) is 0 Å². The maximum atomic E-state index is 12.2. The average Bonchev–Trinajstić information content (AvgIpc) is 3.07. The SMILES string of the molecule is O=C(O)CC(NC(=O)/C=C/c1ccc2c(c1)OCO2)c1cccc(Cl)c1. The first-order valence-corrected chi connectivity index (χ1v) is 8.24. The summed E-state index contributed by atoms with van der Waals surface area (Å²) in [5, 5.41) is 12.3. The summed E-state index contributed by atoms with van der Waals surface area (Å²) in [6, 6.07) is 11.4. The third kappa shape index (κ3) is 4.55. The molecule has 0 saturated heterocycles. The summed E-state index contributed by atoms with van der Waals surface area (Å²) in [6.45, 7) is 0.180. The van der Waals surface area contributed by atoms with Crippen molar-refractivity contribution < 1.29 is 24.2 Å². The molecule has 1 aliphatic rings. The molecular weight excluding hydrogens is 358 g/mol. The van der Waals surface area contributed by atoms with Gasteiger partial charge in [-0.05, 0) is 41.5 Å². The molecule has 0 spiro atoms. The molecule has 1 atom stereocenters. The molecule has 1 aliphatic heterocycles. The lowest BCUT2D eigenvalue weighted by atomic mass is 10.0. The molecule has 0 aliphatic carbocycles. The van der Waals surface area contributed by atoms with E-state index in [1.165, 1.54) is 6.08 Å². The third-order valence-corrected chi connectivity index (χ3v) is 4.01. The number of fused-ring (bicyclic) bond motifs is 1. The van der Waals surface area contributed by atoms with E-state index in [4.69, 9.17) is 26.2 Å². The molecule has 1 heterocycles. The minimum absolute atomic E-state index is 0.180. The topological polar surface area (TPSA) is 84.9 Å². The van der Waals surface area contributed by atoms with Gasteiger partial charge in [-0.1, -0.05) is 29.8 Å². The summed E-state index contributed by atoms with van der Waals surface area (Å²) < 4.78 is 10.5. The van der Waals surface area contributed by atoms with Gasteiger partial charge in [0.25, 0.3) is 0 Å². The van der Waals surface area contributed by atoms with Crippen LogP contribution in [0.3, 0.4) is 0 Å². The second-order valence-corrected chi connectivity index (χ2v) is 6.10. The number of hydrogen-bond donors (Lipinski definition) is 2. The van der Waals surface area contributed by atoms with E-state index in [2.05, 4.69) is 5.32 Å². The van der Waals surface area contributed by atoms with Gasteiger partial charge in [0.2, 0.25) is 12.7 Å². The lowest BCUT2D eigenvalue weighted by Crippen LogP contribution is -2.28. The van der Waals surface area contributed by atoms with Gasteiger partial charge in [0, 0.05) is 11.1 Å². The molecule has 2 N–H and O–H groups in total. The van der Waals surface area contributed by atoms with Crippen LogP contribution in [-0.4, -0.2) is 23.8 Å². The maximum Gasteiger partial charge on any atom is 0.305 e. The minimum Gasteiger partial charge on any atom is -0.481 e. The van der Waals surface area contributed by atoms with E-state index in [1.54, 1.807) is 48.5 Å². The Morgan fingerprint density at radius 2 is 2.00 bits per heavy atom. The highest BCUT2D eigenvalue weighted by Crippen LogP contribution is 2.32. The molecule has 0 saturated carbocycles. The maximum absolute atomic E-state index is 12.2. The van der Waals surface area contributed by atoms with Crippen LogP contribution in [0.25, 0.3) is 6.08 Å². The van der Waals surface area contributed by atoms with Gasteiger partial charge in [0.15, 0.2) is 11.5 Å². The van der Waals surface area contributed by atoms with Crippen molar-refractivity contribution in [2.75, 3.05) is 6.79 Å². The summed E-state index contributed by atoms with van der Waals surface area (Å²) in [7, 11) is 0. The van der Waals surface area contributed by atoms with Crippen LogP contribution in [0.4, 0.5) is 0 Å². The van der Waals surface area contributed by atoms with Crippen molar-refractivity contribution in [2.45, 2.75) is 12.5 Å². The molecular formula is C19H16ClNO5. The predicted molar refractivity (Wildman–Crippen MR) is 96.2 cm³/mol. The number of amides is 1. The zero-order chi connectivity index (χ0) is 18.5. The van der Waals surface area contributed by atoms with Crippen LogP contribution in [-0.2, 0) is 9.59 Å². The first-order valence-electron chi connectivity index (χ1n) is 7.87. The Balaban J connectivity index is 1.70. The molecule has 1 amide bonds. The van der Waals surface area contributed by atoms with Crippen LogP contribution in [0.2, 0.25) is 5.02 Å². The lowest BCUT2D eigenvalue weighted by Gasteiger charge is -2.16. The Bertz CT molecular complexity index is 865. The fourth-order valence-corrected chi connectivity index (χ4v) is 2.76. The predicted octanol–water partition coefficient (Wildman–Crippen LogP) is 3.41. The number of rotatable bonds is 6. The van der Waals surface area contributed by atoms with Crippen molar-refractivity contribution in [1.29, 1.82) is 0 Å². The normalized spacial score (nSPS) is 13.6. The van der Waals surface area contributed by atoms with Crippen molar-refractivity contribution in [1.82, 2.24) is 5.32 Å². The average molecular weight is 374 g/mol. The Hall–Kier alpha value is -2.99. The molecule has 26 heavy (non-hydrogen) atoms. The van der Waals surface area contributed by atoms with Crippen molar-refractivity contribution >= 4 is 29.6 Å². The molecule has 2 aromatic carbocycles. The molecule has 0 radical (unpaired) electrons. The van der Waals surface area contributed by atoms with Crippen molar-refractivity contribution in [3.63, 3.8) is 0 Å². The molecule has 134 valence electrons. The zero-order valence-electron chi connectivity index (χ0n) is 13.6. The van der Waals surface area contributed by atoms with Gasteiger partial charge >= 0.3 is 5.97 Å². The van der Waals surface area contributed by atoms with E-state index >= 15 is 0 Å². The highest BCUT2D eigenvalue weighted by Gasteiger charge is 2.17. The summed E-state index contributed by atoms with van der Waals surface area (Å²) >= 11 is 5.95. The highest BCUT2D eigenvalue weighted by molar-refractivity contribution is 6.30. The number of carbonyl (C=O) groups is 2. The first-order chi connectivity index (χ1) is 12.5. The fraction of sp³-hybridized carbons (Fsp3) is 0.158. The summed E-state index contributed by atoms with van der Waals surface area (Å²) in [6.07, 6.45) is 2.72. The Morgan fingerprint density at radius 3 is 2.77 bits per heavy atom. The number of benzene rings is 2. The van der Waals surface area contributed by atoms with E-state index in [-0.39, 0.29) is 13.2 Å². The van der Waals surface area contributed by atoms with Crippen LogP contribution in [0.1, 0.15) is 23.6 Å². The lowest BCUT2D eigenvalue weighted by molar-refractivity contribution is -0.137. The van der Waals surface area contributed by atoms with E-state index in [1.807, 2.05) is 0 Å². The molecule has 0 fully saturated rings. The van der Waals surface area contributed by atoms with Gasteiger partial charge in [-0.2, -0.15) is 0 Å². The largest absolute Gasteiger partial charge is 0.481 e. The Kier molecular flexibility index (Phi) is 5.43. The van der Waals surface area contributed by atoms with Crippen LogP contribution < -0.4 is 14.8 Å². The van der Waals surface area contributed by atoms with Crippen LogP contribution in [0.5, 0.6) is 11.5 Å². The number of nitrogens with one attached hydrogen (secondary N) is 1. The van der Waals surface area contributed by atoms with Crippen molar-refractivity contribution in [2.24, 2.45) is 0 Å². The summed E-state index contributed by atoms with van der Waals surface area (Å²) in [5.74, 6) is -0.145. The number of carboxylic acids is 1. The van der Waals surface area contributed by atoms with Gasteiger partial charge in [0.05, 0.1) is 12.5 Å². The van der Waals surface area contributed by atoms with Gasteiger partial charge < -0.3 is 19.9 Å². The number of ether oxygens (including phenoxy) is 2. The number of aliphatic carboxylic acids is 1. The van der Waals surface area contributed by atoms with Crippen LogP contribution in [0, 0.1) is 0 Å². The van der Waals surface area contributed by atoms with Crippen LogP contribution >= 0.6 is 11.6 Å². The van der Waals surface area contributed by atoms with E-state index < -0.39 is 17.9 Å². The highest BCUT2D eigenvalue weighted by atomic mass is 35.5. The van der Waals surface area contributed by atoms with E-state index in [0.717, 1.165) is 5.56 Å². The van der Waals surface area contributed by atoms with Gasteiger partial charge in [0.1, 0.15) is 0 Å². The van der Waals surface area contributed by atoms with Crippen LogP contribution in [0.15, 0.2) is 48.5 Å².